The van der Waals surface area contributed by atoms with Gasteiger partial charge in [0.15, 0.2) is 0 Å². The van der Waals surface area contributed by atoms with Crippen molar-refractivity contribution in [2.45, 2.75) is 51.8 Å². The first-order valence-corrected chi connectivity index (χ1v) is 8.17. The predicted octanol–water partition coefficient (Wildman–Crippen LogP) is 1.51. The van der Waals surface area contributed by atoms with Crippen LogP contribution in [0.4, 0.5) is 4.79 Å². The number of amides is 2. The average Bonchev–Trinajstić information content (AvgIpc) is 2.53. The smallest absolute Gasteiger partial charge is 0.408 e. The summed E-state index contributed by atoms with van der Waals surface area (Å²) in [5.41, 5.74) is -0.00658. The molecule has 8 heteroatoms. The third-order valence-corrected chi connectivity index (χ3v) is 3.30. The predicted molar refractivity (Wildman–Crippen MR) is 94.6 cm³/mol. The molecule has 0 bridgehead atoms. The van der Waals surface area contributed by atoms with Crippen LogP contribution in [-0.4, -0.2) is 47.9 Å². The SMILES string of the molecule is COC(=O)[C@H](C)NC(=O)[C@H](Cc1ccc(O)cc1)NC(=O)OC(C)(C)C. The zero-order valence-corrected chi connectivity index (χ0v) is 15.7. The van der Waals surface area contributed by atoms with E-state index in [2.05, 4.69) is 15.4 Å². The Kier molecular flexibility index (Phi) is 7.42. The summed E-state index contributed by atoms with van der Waals surface area (Å²) in [6.07, 6.45) is -0.596. The highest BCUT2D eigenvalue weighted by Gasteiger charge is 2.27. The summed E-state index contributed by atoms with van der Waals surface area (Å²) < 4.78 is 9.76. The lowest BCUT2D eigenvalue weighted by Gasteiger charge is -2.24. The maximum Gasteiger partial charge on any atom is 0.408 e. The number of nitrogens with one attached hydrogen (secondary N) is 2. The summed E-state index contributed by atoms with van der Waals surface area (Å²) in [4.78, 5) is 36.1. The molecule has 1 aromatic rings. The van der Waals surface area contributed by atoms with Gasteiger partial charge < -0.3 is 25.2 Å². The number of aromatic hydroxyl groups is 1. The standard InChI is InChI=1S/C18H26N2O6/c1-11(16(23)25-5)19-15(22)14(20-17(24)26-18(2,3)4)10-12-6-8-13(21)9-7-12/h6-9,11,14,21H,10H2,1-5H3,(H,19,22)(H,20,24)/t11-,14-/m0/s1. The minimum absolute atomic E-state index is 0.0918. The monoisotopic (exact) mass is 366 g/mol. The summed E-state index contributed by atoms with van der Waals surface area (Å²) in [5, 5.41) is 14.4. The second-order valence-corrected chi connectivity index (χ2v) is 6.82. The van der Waals surface area contributed by atoms with Gasteiger partial charge in [-0.15, -0.1) is 0 Å². The van der Waals surface area contributed by atoms with Crippen LogP contribution in [0.15, 0.2) is 24.3 Å². The number of ether oxygens (including phenoxy) is 2. The van der Waals surface area contributed by atoms with Crippen molar-refractivity contribution in [1.29, 1.82) is 0 Å². The molecule has 2 amide bonds. The Bertz CT molecular complexity index is 636. The highest BCUT2D eigenvalue weighted by molar-refractivity contribution is 5.89. The van der Waals surface area contributed by atoms with Gasteiger partial charge in [0, 0.05) is 6.42 Å². The molecule has 1 rings (SSSR count). The fraction of sp³-hybridized carbons (Fsp3) is 0.500. The van der Waals surface area contributed by atoms with E-state index < -0.39 is 35.7 Å². The Morgan fingerprint density at radius 2 is 1.69 bits per heavy atom. The number of esters is 1. The maximum atomic E-state index is 12.5. The molecule has 0 unspecified atom stereocenters. The van der Waals surface area contributed by atoms with Crippen LogP contribution >= 0.6 is 0 Å². The second kappa shape index (κ2) is 9.07. The van der Waals surface area contributed by atoms with Crippen molar-refractivity contribution in [2.75, 3.05) is 7.11 Å². The molecule has 0 aliphatic carbocycles. The van der Waals surface area contributed by atoms with Gasteiger partial charge in [0.25, 0.3) is 0 Å². The molecule has 0 heterocycles. The van der Waals surface area contributed by atoms with Crippen molar-refractivity contribution in [1.82, 2.24) is 10.6 Å². The van der Waals surface area contributed by atoms with Gasteiger partial charge in [-0.3, -0.25) is 4.79 Å². The van der Waals surface area contributed by atoms with E-state index >= 15 is 0 Å². The molecule has 1 aromatic carbocycles. The number of carbonyl (C=O) groups excluding carboxylic acids is 3. The van der Waals surface area contributed by atoms with Crippen LogP contribution in [0, 0.1) is 0 Å². The van der Waals surface area contributed by atoms with Crippen LogP contribution in [0.25, 0.3) is 0 Å². The molecule has 144 valence electrons. The second-order valence-electron chi connectivity index (χ2n) is 6.82. The summed E-state index contributed by atoms with van der Waals surface area (Å²) in [6, 6.07) is 4.40. The number of phenols is 1. The summed E-state index contributed by atoms with van der Waals surface area (Å²) in [5.74, 6) is -1.06. The molecule has 0 aromatic heterocycles. The van der Waals surface area contributed by atoms with Crippen molar-refractivity contribution in [2.24, 2.45) is 0 Å². The van der Waals surface area contributed by atoms with Crippen molar-refractivity contribution in [3.8, 4) is 5.75 Å². The van der Waals surface area contributed by atoms with Crippen LogP contribution < -0.4 is 10.6 Å². The highest BCUT2D eigenvalue weighted by atomic mass is 16.6. The van der Waals surface area contributed by atoms with Gasteiger partial charge in [0.05, 0.1) is 7.11 Å². The lowest BCUT2D eigenvalue weighted by atomic mass is 10.0. The zero-order valence-electron chi connectivity index (χ0n) is 15.7. The van der Waals surface area contributed by atoms with Crippen LogP contribution in [0.5, 0.6) is 5.75 Å². The van der Waals surface area contributed by atoms with E-state index in [1.807, 2.05) is 0 Å². The summed E-state index contributed by atoms with van der Waals surface area (Å²) in [6.45, 7) is 6.61. The Morgan fingerprint density at radius 1 is 1.12 bits per heavy atom. The molecule has 8 nitrogen and oxygen atoms in total. The van der Waals surface area contributed by atoms with Crippen LogP contribution in [-0.2, 0) is 25.5 Å². The molecule has 0 saturated heterocycles. The average molecular weight is 366 g/mol. The number of alkyl carbamates (subject to hydrolysis) is 1. The fourth-order valence-corrected chi connectivity index (χ4v) is 2.08. The number of rotatable bonds is 6. The van der Waals surface area contributed by atoms with Gasteiger partial charge in [-0.25, -0.2) is 9.59 Å². The van der Waals surface area contributed by atoms with E-state index in [1.165, 1.54) is 26.2 Å². The molecule has 0 spiro atoms. The number of benzene rings is 1. The molecule has 26 heavy (non-hydrogen) atoms. The van der Waals surface area contributed by atoms with Gasteiger partial charge >= 0.3 is 12.1 Å². The van der Waals surface area contributed by atoms with E-state index in [0.29, 0.717) is 5.56 Å². The third kappa shape index (κ3) is 7.42. The lowest BCUT2D eigenvalue weighted by Crippen LogP contribution is -2.52. The highest BCUT2D eigenvalue weighted by Crippen LogP contribution is 2.12. The molecule has 0 aliphatic heterocycles. The molecular formula is C18H26N2O6. The minimum atomic E-state index is -0.971. The van der Waals surface area contributed by atoms with Crippen LogP contribution in [0.2, 0.25) is 0 Å². The first kappa shape index (κ1) is 21.3. The fourth-order valence-electron chi connectivity index (χ4n) is 2.08. The normalized spacial score (nSPS) is 13.3. The Morgan fingerprint density at radius 3 is 2.19 bits per heavy atom. The molecule has 0 aliphatic rings. The summed E-state index contributed by atoms with van der Waals surface area (Å²) in [7, 11) is 1.22. The number of phenolic OH excluding ortho intramolecular Hbond substituents is 1. The Balaban J connectivity index is 2.89. The lowest BCUT2D eigenvalue weighted by molar-refractivity contribution is -0.144. The first-order chi connectivity index (χ1) is 12.0. The van der Waals surface area contributed by atoms with Crippen molar-refractivity contribution in [3.63, 3.8) is 0 Å². The Labute approximate surface area is 152 Å². The summed E-state index contributed by atoms with van der Waals surface area (Å²) >= 11 is 0. The third-order valence-electron chi connectivity index (χ3n) is 3.30. The minimum Gasteiger partial charge on any atom is -0.508 e. The van der Waals surface area contributed by atoms with Gasteiger partial charge in [-0.1, -0.05) is 12.1 Å². The Hall–Kier alpha value is -2.77. The molecule has 0 fully saturated rings. The number of hydrogen-bond donors (Lipinski definition) is 3. The van der Waals surface area contributed by atoms with Crippen molar-refractivity contribution in [3.05, 3.63) is 29.8 Å². The molecule has 0 saturated carbocycles. The van der Waals surface area contributed by atoms with Crippen molar-refractivity contribution < 1.29 is 29.0 Å². The zero-order chi connectivity index (χ0) is 19.9. The van der Waals surface area contributed by atoms with E-state index in [0.717, 1.165) is 0 Å². The number of methoxy groups -OCH3 is 1. The van der Waals surface area contributed by atoms with E-state index in [4.69, 9.17) is 4.74 Å². The van der Waals surface area contributed by atoms with Gasteiger partial charge in [-0.2, -0.15) is 0 Å². The van der Waals surface area contributed by atoms with Crippen LogP contribution in [0.1, 0.15) is 33.3 Å². The first-order valence-electron chi connectivity index (χ1n) is 8.17. The number of carbonyl (C=O) groups is 3. The molecule has 3 N–H and O–H groups in total. The molecule has 2 atom stereocenters. The van der Waals surface area contributed by atoms with E-state index in [-0.39, 0.29) is 12.2 Å². The van der Waals surface area contributed by atoms with Crippen LogP contribution in [0.3, 0.4) is 0 Å². The van der Waals surface area contributed by atoms with Gasteiger partial charge in [0.2, 0.25) is 5.91 Å². The van der Waals surface area contributed by atoms with Gasteiger partial charge in [0.1, 0.15) is 23.4 Å². The van der Waals surface area contributed by atoms with Crippen molar-refractivity contribution >= 4 is 18.0 Å². The maximum absolute atomic E-state index is 12.5. The van der Waals surface area contributed by atoms with E-state index in [1.54, 1.807) is 32.9 Å². The largest absolute Gasteiger partial charge is 0.508 e. The molecule has 0 radical (unpaired) electrons. The van der Waals surface area contributed by atoms with Gasteiger partial charge in [-0.05, 0) is 45.4 Å². The molecular weight excluding hydrogens is 340 g/mol. The quantitative estimate of drug-likeness (QED) is 0.658. The number of hydrogen-bond acceptors (Lipinski definition) is 6. The topological polar surface area (TPSA) is 114 Å². The van der Waals surface area contributed by atoms with E-state index in [9.17, 15) is 19.5 Å².